The minimum atomic E-state index is -0.754. The van der Waals surface area contributed by atoms with Gasteiger partial charge in [0.1, 0.15) is 17.2 Å². The highest BCUT2D eigenvalue weighted by atomic mass is 35.5. The lowest BCUT2D eigenvalue weighted by Crippen LogP contribution is -2.37. The predicted molar refractivity (Wildman–Crippen MR) is 131 cm³/mol. The zero-order valence-electron chi connectivity index (χ0n) is 19.3. The molecule has 1 heterocycles. The molecule has 1 saturated heterocycles. The summed E-state index contributed by atoms with van der Waals surface area (Å²) in [6, 6.07) is 8.25. The second-order valence-corrected chi connectivity index (χ2v) is 10.7. The lowest BCUT2D eigenvalue weighted by atomic mass is 9.95. The van der Waals surface area contributed by atoms with Crippen molar-refractivity contribution in [3.8, 4) is 5.75 Å². The standard InChI is InChI=1S/C25H29Cl3FNO3/c1-15(17-9-18(26)11-19(27)10-17)30-7-5-16(6-8-30)14-32-23-13-22(29)20(12-21(23)28)24(31)33-25(2,3)4/h9-13,15-16H,5-8,14H2,1-4H3/t15-/m0/s1. The van der Waals surface area contributed by atoms with Gasteiger partial charge in [0.2, 0.25) is 0 Å². The molecule has 0 saturated carbocycles. The number of carbonyl (C=O) groups is 1. The van der Waals surface area contributed by atoms with Crippen molar-refractivity contribution in [1.82, 2.24) is 4.90 Å². The molecule has 1 aliphatic heterocycles. The van der Waals surface area contributed by atoms with E-state index in [0.717, 1.165) is 37.6 Å². The SMILES string of the molecule is C[C@@H](c1cc(Cl)cc(Cl)c1)N1CCC(COc2cc(F)c(C(=O)OC(C)(C)C)cc2Cl)CC1. The average Bonchev–Trinajstić information content (AvgIpc) is 2.72. The van der Waals surface area contributed by atoms with Gasteiger partial charge >= 0.3 is 5.97 Å². The molecule has 4 nitrogen and oxygen atoms in total. The Bertz CT molecular complexity index is 981. The van der Waals surface area contributed by atoms with Gasteiger partial charge in [-0.2, -0.15) is 0 Å². The number of rotatable bonds is 6. The molecule has 1 fully saturated rings. The van der Waals surface area contributed by atoms with Gasteiger partial charge in [-0.25, -0.2) is 9.18 Å². The third kappa shape index (κ3) is 7.22. The smallest absolute Gasteiger partial charge is 0.341 e. The summed E-state index contributed by atoms with van der Waals surface area (Å²) in [7, 11) is 0. The first-order chi connectivity index (χ1) is 15.4. The van der Waals surface area contributed by atoms with Crippen LogP contribution in [0.3, 0.4) is 0 Å². The van der Waals surface area contributed by atoms with Gasteiger partial charge in [-0.3, -0.25) is 4.90 Å². The van der Waals surface area contributed by atoms with Gasteiger partial charge in [0.05, 0.1) is 17.2 Å². The molecule has 33 heavy (non-hydrogen) atoms. The van der Waals surface area contributed by atoms with E-state index in [-0.39, 0.29) is 22.4 Å². The second-order valence-electron chi connectivity index (χ2n) is 9.43. The molecule has 2 aromatic carbocycles. The number of nitrogens with zero attached hydrogens (tertiary/aromatic N) is 1. The Kier molecular flexibility index (Phi) is 8.55. The maximum Gasteiger partial charge on any atom is 0.341 e. The highest BCUT2D eigenvalue weighted by Gasteiger charge is 2.26. The topological polar surface area (TPSA) is 38.8 Å². The van der Waals surface area contributed by atoms with Gasteiger partial charge in [0.15, 0.2) is 0 Å². The molecule has 0 aliphatic carbocycles. The number of halogens is 4. The summed E-state index contributed by atoms with van der Waals surface area (Å²) in [5.74, 6) is -0.921. The van der Waals surface area contributed by atoms with Crippen molar-refractivity contribution >= 4 is 40.8 Å². The summed E-state index contributed by atoms with van der Waals surface area (Å²) in [4.78, 5) is 14.6. The fourth-order valence-corrected chi connectivity index (χ4v) is 4.63. The average molecular weight is 517 g/mol. The molecule has 0 N–H and O–H groups in total. The zero-order valence-corrected chi connectivity index (χ0v) is 21.5. The van der Waals surface area contributed by atoms with Crippen LogP contribution in [0.2, 0.25) is 15.1 Å². The van der Waals surface area contributed by atoms with Crippen molar-refractivity contribution in [3.05, 3.63) is 62.3 Å². The first-order valence-electron chi connectivity index (χ1n) is 11.0. The molecular formula is C25H29Cl3FNO3. The molecular weight excluding hydrogens is 488 g/mol. The first kappa shape index (κ1) is 26.1. The molecule has 0 amide bonds. The molecule has 8 heteroatoms. The van der Waals surface area contributed by atoms with Crippen LogP contribution in [-0.2, 0) is 4.74 Å². The van der Waals surface area contributed by atoms with Crippen LogP contribution in [0.1, 0.15) is 62.5 Å². The number of likely N-dealkylation sites (tertiary alicyclic amines) is 1. The molecule has 1 atom stereocenters. The van der Waals surface area contributed by atoms with Gasteiger partial charge in [-0.15, -0.1) is 0 Å². The Morgan fingerprint density at radius 2 is 1.70 bits per heavy atom. The number of piperidine rings is 1. The normalized spacial score (nSPS) is 16.5. The van der Waals surface area contributed by atoms with Crippen molar-refractivity contribution < 1.29 is 18.7 Å². The fourth-order valence-electron chi connectivity index (χ4n) is 3.87. The van der Waals surface area contributed by atoms with Crippen LogP contribution in [0.25, 0.3) is 0 Å². The molecule has 1 aliphatic rings. The highest BCUT2D eigenvalue weighted by molar-refractivity contribution is 6.34. The first-order valence-corrected chi connectivity index (χ1v) is 12.1. The number of hydrogen-bond acceptors (Lipinski definition) is 4. The Morgan fingerprint density at radius 1 is 1.09 bits per heavy atom. The monoisotopic (exact) mass is 515 g/mol. The predicted octanol–water partition coefficient (Wildman–Crippen LogP) is 7.59. The maximum atomic E-state index is 14.5. The minimum absolute atomic E-state index is 0.182. The Hall–Kier alpha value is -1.53. The van der Waals surface area contributed by atoms with Crippen LogP contribution in [-0.4, -0.2) is 36.2 Å². The van der Waals surface area contributed by atoms with E-state index < -0.39 is 17.4 Å². The summed E-state index contributed by atoms with van der Waals surface area (Å²) in [5.41, 5.74) is 0.163. The molecule has 0 radical (unpaired) electrons. The van der Waals surface area contributed by atoms with Crippen molar-refractivity contribution in [3.63, 3.8) is 0 Å². The van der Waals surface area contributed by atoms with Crippen LogP contribution in [0.5, 0.6) is 5.75 Å². The largest absolute Gasteiger partial charge is 0.492 e. The van der Waals surface area contributed by atoms with Crippen LogP contribution in [0.4, 0.5) is 4.39 Å². The molecule has 0 bridgehead atoms. The van der Waals surface area contributed by atoms with Crippen LogP contribution < -0.4 is 4.74 Å². The Labute approximate surface area is 209 Å². The van der Waals surface area contributed by atoms with Crippen molar-refractivity contribution in [2.45, 2.75) is 52.2 Å². The minimum Gasteiger partial charge on any atom is -0.492 e. The third-order valence-corrected chi connectivity index (χ3v) is 6.41. The zero-order chi connectivity index (χ0) is 24.3. The van der Waals surface area contributed by atoms with Crippen molar-refractivity contribution in [2.24, 2.45) is 5.92 Å². The van der Waals surface area contributed by atoms with Crippen LogP contribution in [0, 0.1) is 11.7 Å². The van der Waals surface area contributed by atoms with E-state index in [2.05, 4.69) is 11.8 Å². The van der Waals surface area contributed by atoms with Gasteiger partial charge < -0.3 is 9.47 Å². The molecule has 0 unspecified atom stereocenters. The fraction of sp³-hybridized carbons (Fsp3) is 0.480. The van der Waals surface area contributed by atoms with E-state index >= 15 is 0 Å². The van der Waals surface area contributed by atoms with E-state index in [0.29, 0.717) is 22.6 Å². The summed E-state index contributed by atoms with van der Waals surface area (Å²) in [6.45, 7) is 9.54. The van der Waals surface area contributed by atoms with Gasteiger partial charge in [0.25, 0.3) is 0 Å². The molecule has 0 spiro atoms. The van der Waals surface area contributed by atoms with E-state index in [4.69, 9.17) is 44.3 Å². The van der Waals surface area contributed by atoms with E-state index in [1.165, 1.54) is 6.07 Å². The molecule has 3 rings (SSSR count). The molecule has 2 aromatic rings. The maximum absolute atomic E-state index is 14.5. The summed E-state index contributed by atoms with van der Waals surface area (Å²) >= 11 is 18.6. The summed E-state index contributed by atoms with van der Waals surface area (Å²) in [6.07, 6.45) is 1.88. The number of benzene rings is 2. The number of hydrogen-bond donors (Lipinski definition) is 0. The summed E-state index contributed by atoms with van der Waals surface area (Å²) in [5, 5.41) is 1.45. The lowest BCUT2D eigenvalue weighted by Gasteiger charge is -2.36. The van der Waals surface area contributed by atoms with Crippen LogP contribution in [0.15, 0.2) is 30.3 Å². The van der Waals surface area contributed by atoms with Gasteiger partial charge in [-0.1, -0.05) is 34.8 Å². The highest BCUT2D eigenvalue weighted by Crippen LogP contribution is 2.32. The van der Waals surface area contributed by atoms with Gasteiger partial charge in [-0.05, 0) is 89.4 Å². The van der Waals surface area contributed by atoms with E-state index in [1.807, 2.05) is 12.1 Å². The van der Waals surface area contributed by atoms with Crippen molar-refractivity contribution in [2.75, 3.05) is 19.7 Å². The van der Waals surface area contributed by atoms with E-state index in [9.17, 15) is 9.18 Å². The summed E-state index contributed by atoms with van der Waals surface area (Å²) < 4.78 is 25.6. The quantitative estimate of drug-likeness (QED) is 0.371. The van der Waals surface area contributed by atoms with E-state index in [1.54, 1.807) is 26.8 Å². The Balaban J connectivity index is 1.55. The number of carbonyl (C=O) groups excluding carboxylic acids is 1. The molecule has 0 aromatic heterocycles. The number of ether oxygens (including phenoxy) is 2. The number of esters is 1. The third-order valence-electron chi connectivity index (χ3n) is 5.68. The second kappa shape index (κ2) is 10.8. The lowest BCUT2D eigenvalue weighted by molar-refractivity contribution is 0.00646. The van der Waals surface area contributed by atoms with Crippen molar-refractivity contribution in [1.29, 1.82) is 0 Å². The van der Waals surface area contributed by atoms with Crippen LogP contribution >= 0.6 is 34.8 Å². The Morgan fingerprint density at radius 3 is 2.27 bits per heavy atom. The molecule has 180 valence electrons. The van der Waals surface area contributed by atoms with Gasteiger partial charge in [0, 0.05) is 22.2 Å².